The van der Waals surface area contributed by atoms with Gasteiger partial charge in [-0.1, -0.05) is 0 Å². The number of benzene rings is 1. The van der Waals surface area contributed by atoms with Crippen molar-refractivity contribution in [3.63, 3.8) is 0 Å². The Kier molecular flexibility index (Phi) is 3.01. The van der Waals surface area contributed by atoms with E-state index in [9.17, 15) is 0 Å². The molecular weight excluding hydrogens is 262 g/mol. The summed E-state index contributed by atoms with van der Waals surface area (Å²) in [7, 11) is 0. The fourth-order valence-corrected chi connectivity index (χ4v) is 3.33. The number of nitrogens with two attached hydrogens (primary N) is 1. The van der Waals surface area contributed by atoms with Gasteiger partial charge in [-0.05, 0) is 24.5 Å². The maximum absolute atomic E-state index is 5.96. The molecule has 2 heterocycles. The summed E-state index contributed by atoms with van der Waals surface area (Å²) < 4.78 is 2.20. The highest BCUT2D eigenvalue weighted by Gasteiger charge is 2.08. The molecule has 0 saturated heterocycles. The molecule has 3 nitrogen and oxygen atoms in total. The maximum Gasteiger partial charge on any atom is 0.112 e. The monoisotopic (exact) mass is 275 g/mol. The summed E-state index contributed by atoms with van der Waals surface area (Å²) in [5.41, 5.74) is 7.95. The molecule has 3 aromatic rings. The molecule has 1 aromatic carbocycles. The largest absolute Gasteiger partial charge is 0.399 e. The highest BCUT2D eigenvalue weighted by molar-refractivity contribution is 7.98. The number of hydrogen-bond acceptors (Lipinski definition) is 4. The van der Waals surface area contributed by atoms with E-state index in [0.717, 1.165) is 17.2 Å². The summed E-state index contributed by atoms with van der Waals surface area (Å²) >= 11 is 3.40. The van der Waals surface area contributed by atoms with Crippen molar-refractivity contribution in [1.82, 2.24) is 9.55 Å². The lowest BCUT2D eigenvalue weighted by Gasteiger charge is -2.06. The summed E-state index contributed by atoms with van der Waals surface area (Å²) in [6.07, 6.45) is 6.02. The predicted molar refractivity (Wildman–Crippen MR) is 79.3 cm³/mol. The normalized spacial score (nSPS) is 11.2. The van der Waals surface area contributed by atoms with E-state index in [-0.39, 0.29) is 0 Å². The second-order valence-corrected chi connectivity index (χ2v) is 5.85. The molecule has 3 rings (SSSR count). The van der Waals surface area contributed by atoms with Gasteiger partial charge in [0.05, 0.1) is 12.1 Å². The van der Waals surface area contributed by atoms with Gasteiger partial charge in [0.2, 0.25) is 0 Å². The van der Waals surface area contributed by atoms with Crippen LogP contribution in [0.4, 0.5) is 5.69 Å². The molecule has 0 amide bonds. The van der Waals surface area contributed by atoms with Gasteiger partial charge in [0.25, 0.3) is 0 Å². The van der Waals surface area contributed by atoms with Crippen molar-refractivity contribution in [2.24, 2.45) is 0 Å². The molecule has 92 valence electrons. The molecule has 18 heavy (non-hydrogen) atoms. The first-order chi connectivity index (χ1) is 8.78. The van der Waals surface area contributed by atoms with Crippen molar-refractivity contribution in [3.05, 3.63) is 41.0 Å². The molecule has 0 aliphatic heterocycles. The van der Waals surface area contributed by atoms with Crippen LogP contribution in [-0.2, 0) is 6.54 Å². The topological polar surface area (TPSA) is 43.8 Å². The van der Waals surface area contributed by atoms with Crippen LogP contribution in [-0.4, -0.2) is 15.8 Å². The fourth-order valence-electron chi connectivity index (χ4n) is 2.07. The molecule has 0 radical (unpaired) electrons. The van der Waals surface area contributed by atoms with Crippen LogP contribution in [0, 0.1) is 0 Å². The van der Waals surface area contributed by atoms with Crippen LogP contribution in [0.3, 0.4) is 0 Å². The van der Waals surface area contributed by atoms with Gasteiger partial charge in [0.15, 0.2) is 0 Å². The van der Waals surface area contributed by atoms with Crippen LogP contribution in [0.1, 0.15) is 5.01 Å². The Morgan fingerprint density at radius 3 is 3.06 bits per heavy atom. The van der Waals surface area contributed by atoms with Crippen molar-refractivity contribution in [1.29, 1.82) is 0 Å². The molecule has 2 N–H and O–H groups in total. The van der Waals surface area contributed by atoms with E-state index < -0.39 is 0 Å². The van der Waals surface area contributed by atoms with Crippen LogP contribution < -0.4 is 5.73 Å². The van der Waals surface area contributed by atoms with E-state index in [2.05, 4.69) is 28.1 Å². The molecule has 0 aliphatic rings. The average molecular weight is 275 g/mol. The quantitative estimate of drug-likeness (QED) is 0.588. The summed E-state index contributed by atoms with van der Waals surface area (Å²) in [6, 6.07) is 6.21. The van der Waals surface area contributed by atoms with E-state index in [4.69, 9.17) is 5.73 Å². The van der Waals surface area contributed by atoms with Crippen LogP contribution in [0.2, 0.25) is 0 Å². The number of thiazole rings is 1. The van der Waals surface area contributed by atoms with Gasteiger partial charge in [-0.15, -0.1) is 23.1 Å². The Morgan fingerprint density at radius 2 is 2.33 bits per heavy atom. The van der Waals surface area contributed by atoms with Crippen LogP contribution in [0.5, 0.6) is 0 Å². The Hall–Kier alpha value is -1.46. The minimum Gasteiger partial charge on any atom is -0.399 e. The lowest BCUT2D eigenvalue weighted by atomic mass is 10.2. The van der Waals surface area contributed by atoms with Crippen molar-refractivity contribution in [3.8, 4) is 0 Å². The smallest absolute Gasteiger partial charge is 0.112 e. The summed E-state index contributed by atoms with van der Waals surface area (Å²) in [5, 5.41) is 4.37. The Balaban J connectivity index is 2.11. The zero-order chi connectivity index (χ0) is 12.5. The van der Waals surface area contributed by atoms with Crippen molar-refractivity contribution < 1.29 is 0 Å². The Bertz CT molecular complexity index is 671. The molecule has 0 spiro atoms. The van der Waals surface area contributed by atoms with Crippen molar-refractivity contribution in [2.45, 2.75) is 11.4 Å². The number of fused-ring (bicyclic) bond motifs is 1. The third-order valence-electron chi connectivity index (χ3n) is 2.88. The van der Waals surface area contributed by atoms with E-state index >= 15 is 0 Å². The SMILES string of the molecule is CSc1cc(N)cc2c1ccn2Cc1nccs1. The second-order valence-electron chi connectivity index (χ2n) is 4.03. The zero-order valence-electron chi connectivity index (χ0n) is 9.96. The number of nitrogens with zero attached hydrogens (tertiary/aromatic N) is 2. The van der Waals surface area contributed by atoms with Gasteiger partial charge in [0, 0.05) is 33.7 Å². The Morgan fingerprint density at radius 1 is 1.44 bits per heavy atom. The van der Waals surface area contributed by atoms with Crippen molar-refractivity contribution >= 4 is 39.7 Å². The molecule has 0 bridgehead atoms. The molecule has 2 aromatic heterocycles. The van der Waals surface area contributed by atoms with Gasteiger partial charge in [-0.25, -0.2) is 4.98 Å². The highest BCUT2D eigenvalue weighted by Crippen LogP contribution is 2.30. The van der Waals surface area contributed by atoms with E-state index in [1.54, 1.807) is 23.1 Å². The molecule has 0 atom stereocenters. The standard InChI is InChI=1S/C13H13N3S2/c1-17-12-7-9(14)6-11-10(12)2-4-16(11)8-13-15-3-5-18-13/h2-7H,8,14H2,1H3. The molecule has 0 aliphatic carbocycles. The molecule has 0 fully saturated rings. The minimum atomic E-state index is 0.804. The molecule has 0 unspecified atom stereocenters. The third-order valence-corrected chi connectivity index (χ3v) is 4.42. The number of rotatable bonds is 3. The third kappa shape index (κ3) is 2.00. The van der Waals surface area contributed by atoms with Crippen molar-refractivity contribution in [2.75, 3.05) is 12.0 Å². The van der Waals surface area contributed by atoms with Crippen LogP contribution >= 0.6 is 23.1 Å². The first-order valence-corrected chi connectivity index (χ1v) is 7.69. The van der Waals surface area contributed by atoms with Gasteiger partial charge < -0.3 is 10.3 Å². The van der Waals surface area contributed by atoms with Gasteiger partial charge in [-0.3, -0.25) is 0 Å². The van der Waals surface area contributed by atoms with Gasteiger partial charge in [-0.2, -0.15) is 0 Å². The number of thioether (sulfide) groups is 1. The first-order valence-electron chi connectivity index (χ1n) is 5.58. The summed E-state index contributed by atoms with van der Waals surface area (Å²) in [4.78, 5) is 5.55. The lowest BCUT2D eigenvalue weighted by Crippen LogP contribution is -1.97. The average Bonchev–Trinajstić information content (AvgIpc) is 2.99. The minimum absolute atomic E-state index is 0.804. The van der Waals surface area contributed by atoms with Gasteiger partial charge >= 0.3 is 0 Å². The molecule has 5 heteroatoms. The van der Waals surface area contributed by atoms with E-state index in [1.165, 1.54) is 15.8 Å². The van der Waals surface area contributed by atoms with E-state index in [1.807, 2.05) is 23.7 Å². The number of aromatic nitrogens is 2. The fraction of sp³-hybridized carbons (Fsp3) is 0.154. The second kappa shape index (κ2) is 4.66. The summed E-state index contributed by atoms with van der Waals surface area (Å²) in [5.74, 6) is 0. The maximum atomic E-state index is 5.96. The van der Waals surface area contributed by atoms with Gasteiger partial charge in [0.1, 0.15) is 5.01 Å². The van der Waals surface area contributed by atoms with Crippen LogP contribution in [0.25, 0.3) is 10.9 Å². The summed E-state index contributed by atoms with van der Waals surface area (Å²) in [6.45, 7) is 0.804. The highest BCUT2D eigenvalue weighted by atomic mass is 32.2. The lowest BCUT2D eigenvalue weighted by molar-refractivity contribution is 0.828. The number of nitrogen functional groups attached to an aromatic ring is 1. The molecular formula is C13H13N3S2. The zero-order valence-corrected chi connectivity index (χ0v) is 11.6. The molecule has 0 saturated carbocycles. The first kappa shape index (κ1) is 11.6. The van der Waals surface area contributed by atoms with Crippen LogP contribution in [0.15, 0.2) is 40.9 Å². The Labute approximate surface area is 114 Å². The van der Waals surface area contributed by atoms with E-state index in [0.29, 0.717) is 0 Å². The number of hydrogen-bond donors (Lipinski definition) is 1. The number of anilines is 1. The predicted octanol–water partition coefficient (Wildman–Crippen LogP) is 3.45.